The number of carbonyl (C=O) groups excluding carboxylic acids is 1. The van der Waals surface area contributed by atoms with Crippen molar-refractivity contribution in [3.05, 3.63) is 54.1 Å². The van der Waals surface area contributed by atoms with Crippen molar-refractivity contribution in [1.82, 2.24) is 9.88 Å². The first-order valence-electron chi connectivity index (χ1n) is 8.85. The van der Waals surface area contributed by atoms with E-state index in [1.807, 2.05) is 17.0 Å². The van der Waals surface area contributed by atoms with E-state index in [2.05, 4.69) is 31.1 Å². The SMILES string of the molecule is CC(C)(C)Nc1cncc(C(=O)N2CCN(c3ccccc3F)CC2)c1. The van der Waals surface area contributed by atoms with Crippen LogP contribution in [0.15, 0.2) is 42.7 Å². The van der Waals surface area contributed by atoms with Gasteiger partial charge in [0.05, 0.1) is 16.9 Å². The van der Waals surface area contributed by atoms with Crippen molar-refractivity contribution in [3.8, 4) is 0 Å². The Morgan fingerprint density at radius 1 is 1.12 bits per heavy atom. The normalized spacial score (nSPS) is 15.1. The number of rotatable bonds is 3. The molecule has 1 aromatic heterocycles. The number of halogens is 1. The van der Waals surface area contributed by atoms with Crippen molar-refractivity contribution in [2.75, 3.05) is 36.4 Å². The molecule has 26 heavy (non-hydrogen) atoms. The number of nitrogens with zero attached hydrogens (tertiary/aromatic N) is 3. The summed E-state index contributed by atoms with van der Waals surface area (Å²) in [5, 5.41) is 3.33. The summed E-state index contributed by atoms with van der Waals surface area (Å²) >= 11 is 0. The number of hydrogen-bond donors (Lipinski definition) is 1. The Hall–Kier alpha value is -2.63. The molecule has 1 aromatic carbocycles. The number of benzene rings is 1. The van der Waals surface area contributed by atoms with Crippen molar-refractivity contribution in [2.45, 2.75) is 26.3 Å². The molecule has 2 aromatic rings. The molecular weight excluding hydrogens is 331 g/mol. The molecule has 2 heterocycles. The van der Waals surface area contributed by atoms with Gasteiger partial charge in [-0.2, -0.15) is 0 Å². The number of nitrogens with one attached hydrogen (secondary N) is 1. The minimum absolute atomic E-state index is 0.0387. The van der Waals surface area contributed by atoms with Gasteiger partial charge in [-0.15, -0.1) is 0 Å². The number of piperazine rings is 1. The summed E-state index contributed by atoms with van der Waals surface area (Å²) in [6.45, 7) is 8.52. The number of carbonyl (C=O) groups is 1. The molecule has 0 bridgehead atoms. The fourth-order valence-corrected chi connectivity index (χ4v) is 3.10. The maximum atomic E-state index is 13.9. The highest BCUT2D eigenvalue weighted by molar-refractivity contribution is 5.95. The molecule has 3 rings (SSSR count). The van der Waals surface area contributed by atoms with Crippen LogP contribution in [0.1, 0.15) is 31.1 Å². The lowest BCUT2D eigenvalue weighted by Crippen LogP contribution is -2.49. The number of aromatic nitrogens is 1. The molecule has 0 unspecified atom stereocenters. The van der Waals surface area contributed by atoms with E-state index in [1.54, 1.807) is 29.4 Å². The monoisotopic (exact) mass is 356 g/mol. The molecule has 0 saturated carbocycles. The number of para-hydroxylation sites is 1. The molecule has 1 saturated heterocycles. The third-order valence-electron chi connectivity index (χ3n) is 4.26. The van der Waals surface area contributed by atoms with Gasteiger partial charge < -0.3 is 15.1 Å². The van der Waals surface area contributed by atoms with E-state index in [0.29, 0.717) is 37.4 Å². The van der Waals surface area contributed by atoms with Crippen LogP contribution in [0, 0.1) is 5.82 Å². The van der Waals surface area contributed by atoms with Crippen LogP contribution in [0.4, 0.5) is 15.8 Å². The fraction of sp³-hybridized carbons (Fsp3) is 0.400. The van der Waals surface area contributed by atoms with Gasteiger partial charge in [0.15, 0.2) is 0 Å². The van der Waals surface area contributed by atoms with E-state index in [-0.39, 0.29) is 17.3 Å². The third kappa shape index (κ3) is 4.31. The molecule has 0 radical (unpaired) electrons. The largest absolute Gasteiger partial charge is 0.379 e. The average Bonchev–Trinajstić information content (AvgIpc) is 2.60. The van der Waals surface area contributed by atoms with E-state index in [9.17, 15) is 9.18 Å². The van der Waals surface area contributed by atoms with E-state index in [1.165, 1.54) is 6.07 Å². The Kier molecular flexibility index (Phi) is 5.11. The van der Waals surface area contributed by atoms with Crippen molar-refractivity contribution < 1.29 is 9.18 Å². The Morgan fingerprint density at radius 3 is 2.46 bits per heavy atom. The van der Waals surface area contributed by atoms with Crippen LogP contribution < -0.4 is 10.2 Å². The predicted molar refractivity (Wildman–Crippen MR) is 102 cm³/mol. The van der Waals surface area contributed by atoms with Crippen LogP contribution in [0.25, 0.3) is 0 Å². The van der Waals surface area contributed by atoms with Crippen LogP contribution in [-0.2, 0) is 0 Å². The maximum Gasteiger partial charge on any atom is 0.255 e. The number of anilines is 2. The molecule has 6 heteroatoms. The van der Waals surface area contributed by atoms with Crippen LogP contribution >= 0.6 is 0 Å². The Morgan fingerprint density at radius 2 is 1.81 bits per heavy atom. The minimum atomic E-state index is -0.225. The van der Waals surface area contributed by atoms with Crippen molar-refractivity contribution in [3.63, 3.8) is 0 Å². The first-order valence-corrected chi connectivity index (χ1v) is 8.85. The highest BCUT2D eigenvalue weighted by Crippen LogP contribution is 2.21. The van der Waals surface area contributed by atoms with Gasteiger partial charge >= 0.3 is 0 Å². The molecule has 0 atom stereocenters. The van der Waals surface area contributed by atoms with E-state index >= 15 is 0 Å². The van der Waals surface area contributed by atoms with Gasteiger partial charge in [0.2, 0.25) is 0 Å². The highest BCUT2D eigenvalue weighted by atomic mass is 19.1. The lowest BCUT2D eigenvalue weighted by atomic mass is 10.1. The Labute approximate surface area is 153 Å². The Bertz CT molecular complexity index is 779. The molecule has 0 aliphatic carbocycles. The topological polar surface area (TPSA) is 48.5 Å². The molecule has 1 fully saturated rings. The zero-order chi connectivity index (χ0) is 18.7. The molecule has 5 nitrogen and oxygen atoms in total. The van der Waals surface area contributed by atoms with Crippen molar-refractivity contribution in [1.29, 1.82) is 0 Å². The van der Waals surface area contributed by atoms with Crippen LogP contribution in [-0.4, -0.2) is 47.5 Å². The zero-order valence-electron chi connectivity index (χ0n) is 15.5. The van der Waals surface area contributed by atoms with Crippen molar-refractivity contribution in [2.24, 2.45) is 0 Å². The van der Waals surface area contributed by atoms with Gasteiger partial charge in [-0.1, -0.05) is 12.1 Å². The quantitative estimate of drug-likeness (QED) is 0.916. The van der Waals surface area contributed by atoms with E-state index in [0.717, 1.165) is 5.69 Å². The minimum Gasteiger partial charge on any atom is -0.379 e. The number of amides is 1. The van der Waals surface area contributed by atoms with Gasteiger partial charge in [-0.3, -0.25) is 9.78 Å². The van der Waals surface area contributed by atoms with Gasteiger partial charge in [0.25, 0.3) is 5.91 Å². The number of pyridine rings is 1. The third-order valence-corrected chi connectivity index (χ3v) is 4.26. The van der Waals surface area contributed by atoms with Crippen LogP contribution in [0.5, 0.6) is 0 Å². The van der Waals surface area contributed by atoms with Gasteiger partial charge in [-0.25, -0.2) is 4.39 Å². The van der Waals surface area contributed by atoms with Gasteiger partial charge in [0.1, 0.15) is 5.82 Å². The van der Waals surface area contributed by atoms with Crippen LogP contribution in [0.2, 0.25) is 0 Å². The summed E-state index contributed by atoms with van der Waals surface area (Å²) in [6, 6.07) is 8.59. The second-order valence-corrected chi connectivity index (χ2v) is 7.57. The lowest BCUT2D eigenvalue weighted by Gasteiger charge is -2.36. The Balaban J connectivity index is 1.65. The summed E-state index contributed by atoms with van der Waals surface area (Å²) < 4.78 is 13.9. The molecule has 0 spiro atoms. The highest BCUT2D eigenvalue weighted by Gasteiger charge is 2.24. The van der Waals surface area contributed by atoms with Crippen LogP contribution in [0.3, 0.4) is 0 Å². The maximum absolute atomic E-state index is 13.9. The zero-order valence-corrected chi connectivity index (χ0v) is 15.5. The molecular formula is C20H25FN4O. The first-order chi connectivity index (χ1) is 12.3. The summed E-state index contributed by atoms with van der Waals surface area (Å²) in [5.74, 6) is -0.263. The summed E-state index contributed by atoms with van der Waals surface area (Å²) in [7, 11) is 0. The second kappa shape index (κ2) is 7.32. The molecule has 1 N–H and O–H groups in total. The summed E-state index contributed by atoms with van der Waals surface area (Å²) in [5.41, 5.74) is 1.89. The van der Waals surface area contributed by atoms with E-state index in [4.69, 9.17) is 0 Å². The molecule has 138 valence electrons. The molecule has 1 amide bonds. The van der Waals surface area contributed by atoms with E-state index < -0.39 is 0 Å². The average molecular weight is 356 g/mol. The fourth-order valence-electron chi connectivity index (χ4n) is 3.10. The summed E-state index contributed by atoms with van der Waals surface area (Å²) in [6.07, 6.45) is 3.32. The standard InChI is InChI=1S/C20H25FN4O/c1-20(2,3)23-16-12-15(13-22-14-16)19(26)25-10-8-24(9-11-25)18-7-5-4-6-17(18)21/h4-7,12-14,23H,8-11H2,1-3H3. The summed E-state index contributed by atoms with van der Waals surface area (Å²) in [4.78, 5) is 20.8. The molecule has 1 aliphatic rings. The van der Waals surface area contributed by atoms with Gasteiger partial charge in [-0.05, 0) is 39.0 Å². The molecule has 1 aliphatic heterocycles. The van der Waals surface area contributed by atoms with Gasteiger partial charge in [0, 0.05) is 44.1 Å². The smallest absolute Gasteiger partial charge is 0.255 e. The van der Waals surface area contributed by atoms with Crippen molar-refractivity contribution >= 4 is 17.3 Å². The lowest BCUT2D eigenvalue weighted by molar-refractivity contribution is 0.0746. The second-order valence-electron chi connectivity index (χ2n) is 7.57. The first kappa shape index (κ1) is 18.2. The predicted octanol–water partition coefficient (Wildman–Crippen LogP) is 3.39. The number of hydrogen-bond acceptors (Lipinski definition) is 4.